The average Bonchev–Trinajstić information content (AvgIpc) is 1.53. The van der Waals surface area contributed by atoms with Crippen LogP contribution in [0.3, 0.4) is 0 Å². The Kier molecular flexibility index (Phi) is 50.3. The fourth-order valence-electron chi connectivity index (χ4n) is 12.7. The zero-order chi connectivity index (χ0) is 91.3. The number of phenolic OH excluding ortho intramolecular Hbond substituents is 1. The van der Waals surface area contributed by atoms with Crippen molar-refractivity contribution in [2.24, 2.45) is 41.1 Å². The number of hydrogen-bond acceptors (Lipinski definition) is 23. The summed E-state index contributed by atoms with van der Waals surface area (Å²) >= 11 is 0. The molecule has 0 bridgehead atoms. The predicted octanol–water partition coefficient (Wildman–Crippen LogP) is 7.06. The summed E-state index contributed by atoms with van der Waals surface area (Å²) in [7, 11) is 0. The fraction of sp³-hybridized carbons (Fsp3) is 0.584. The number of ketones is 8. The van der Waals surface area contributed by atoms with Crippen LogP contribution in [0.15, 0.2) is 97.2 Å². The molecule has 14 atom stereocenters. The first-order valence-electron chi connectivity index (χ1n) is 41.6. The van der Waals surface area contributed by atoms with Crippen LogP contribution >= 0.6 is 0 Å². The Morgan fingerprint density at radius 3 is 1.53 bits per heavy atom. The fourth-order valence-corrected chi connectivity index (χ4v) is 12.7. The van der Waals surface area contributed by atoms with Crippen LogP contribution in [0.1, 0.15) is 238 Å². The van der Waals surface area contributed by atoms with E-state index in [1.54, 1.807) is 37.4 Å². The minimum Gasteiger partial charge on any atom is -0.508 e. The molecular formula is C89H139N13O18. The first-order valence-corrected chi connectivity index (χ1v) is 41.6. The number of allylic oxidation sites excluding steroid dienone is 2. The number of nitrogens with one attached hydrogen (secondary N) is 10. The number of fused-ring (bicyclic) bond motifs is 1. The maximum absolute atomic E-state index is 13.5. The van der Waals surface area contributed by atoms with Gasteiger partial charge in [0.1, 0.15) is 47.3 Å². The highest BCUT2D eigenvalue weighted by molar-refractivity contribution is 6.41. The number of aliphatic hydroxyl groups excluding tert-OH is 1. The Morgan fingerprint density at radius 1 is 0.508 bits per heavy atom. The number of carbonyl (C=O) groups is 15. The van der Waals surface area contributed by atoms with Crippen molar-refractivity contribution in [3.63, 3.8) is 0 Å². The second-order valence-corrected chi connectivity index (χ2v) is 32.5. The lowest BCUT2D eigenvalue weighted by atomic mass is 9.88. The molecule has 1 aromatic heterocycles. The molecule has 1 heterocycles. The van der Waals surface area contributed by atoms with E-state index in [1.807, 2.05) is 84.0 Å². The van der Waals surface area contributed by atoms with E-state index in [0.717, 1.165) is 79.8 Å². The summed E-state index contributed by atoms with van der Waals surface area (Å²) in [4.78, 5) is 191. The number of para-hydroxylation sites is 1. The van der Waals surface area contributed by atoms with Gasteiger partial charge in [0.2, 0.25) is 58.6 Å². The van der Waals surface area contributed by atoms with Crippen LogP contribution in [-0.4, -0.2) is 180 Å². The molecule has 0 saturated heterocycles. The second-order valence-electron chi connectivity index (χ2n) is 32.5. The predicted molar refractivity (Wildman–Crippen MR) is 463 cm³/mol. The number of aromatic amines is 1. The lowest BCUT2D eigenvalue weighted by molar-refractivity contribution is -0.140. The number of nitrogens with two attached hydrogens (primary N) is 3. The monoisotopic (exact) mass is 1680 g/mol. The Labute approximate surface area is 708 Å². The van der Waals surface area contributed by atoms with Crippen LogP contribution in [0.25, 0.3) is 10.9 Å². The third kappa shape index (κ3) is 40.4. The maximum Gasteiger partial charge on any atom is 0.303 e. The van der Waals surface area contributed by atoms with E-state index in [9.17, 15) is 87.2 Å². The number of aromatic hydroxyl groups is 1. The van der Waals surface area contributed by atoms with Crippen molar-refractivity contribution in [1.29, 1.82) is 0 Å². The zero-order valence-corrected chi connectivity index (χ0v) is 73.7. The molecule has 0 aliphatic heterocycles. The number of unbranched alkanes of at least 4 members (excludes halogenated alkanes) is 5. The molecule has 0 aliphatic rings. The molecule has 0 aliphatic carbocycles. The van der Waals surface area contributed by atoms with Gasteiger partial charge in [0.15, 0.2) is 5.78 Å². The Hall–Kier alpha value is -9.89. The van der Waals surface area contributed by atoms with Gasteiger partial charge in [-0.15, -0.1) is 0 Å². The number of primary amides is 1. The number of amides is 6. The number of carboxylic acids is 1. The van der Waals surface area contributed by atoms with E-state index >= 15 is 0 Å². The number of rotatable bonds is 53. The van der Waals surface area contributed by atoms with Gasteiger partial charge in [0, 0.05) is 35.4 Å². The highest BCUT2D eigenvalue weighted by Gasteiger charge is 2.39. The standard InChI is InChI=1S/C55H92N8O10.C26H30N4O6.C5H11NO.C3H6O/c1-14-43(31-34(2)3)50(70)62-55(13,41(11)66)30-26-21-19-17-15-16-18-20-25-29-54(12,40(10)65)61-37(7)48(68)47(67)36(6)57-49(69)38(8)58-51(71)44(32-35(4)5)59-53(73)46(39(9)64)60-52(72)45(63-56)33-42-27-23-22-24-28-42;1-15(31)22(13-17-14-28-20-5-3-2-4-19(17)20)29-21(10-11-24(33)34)25(35)26(36)23(30-27)12-16-6-8-18(32)9-7-16;1-3-4(2)5(6)7;1-3(2)4/h17,19,22-24,27-28,34-39,43-46,61,63-64H,14-16,18,20-21,25-26,29-33,56H2,1-13H3,(H,57,69)(H,58,71)(H,59,73)(H,60,72)(H,62,70);2-9,14,21-23,28-30,32H,10-13,27H2,1H3,(H,33,34);4H,3H2,1-2H3,(H2,6,7);1-2H3/b19-17+;;;/t36-,37-,38?,39+,43-,44-,45-,46-,54+,55-;21-,22-,23-;4-;/m000./s1. The van der Waals surface area contributed by atoms with Gasteiger partial charge in [-0.25, -0.2) is 10.9 Å². The smallest absolute Gasteiger partial charge is 0.303 e. The summed E-state index contributed by atoms with van der Waals surface area (Å²) in [5.41, 5.74) is 10.9. The highest BCUT2D eigenvalue weighted by Crippen LogP contribution is 2.25. The zero-order valence-electron chi connectivity index (χ0n) is 73.7. The molecule has 6 amide bonds. The van der Waals surface area contributed by atoms with Gasteiger partial charge in [-0.1, -0.05) is 141 Å². The summed E-state index contributed by atoms with van der Waals surface area (Å²) < 4.78 is 0. The molecule has 0 fully saturated rings. The van der Waals surface area contributed by atoms with E-state index in [-0.39, 0.29) is 97.0 Å². The second kappa shape index (κ2) is 55.8. The van der Waals surface area contributed by atoms with Crippen molar-refractivity contribution in [2.45, 2.75) is 312 Å². The van der Waals surface area contributed by atoms with Crippen molar-refractivity contribution < 1.29 is 87.2 Å². The molecule has 4 aromatic rings. The number of Topliss-reactive ketones (excluding diaryl/α,β-unsaturated/α-hetero) is 8. The molecule has 1 unspecified atom stereocenters. The Balaban J connectivity index is 0.00000125. The summed E-state index contributed by atoms with van der Waals surface area (Å²) in [5, 5.41) is 49.2. The lowest BCUT2D eigenvalue weighted by Gasteiger charge is -2.31. The van der Waals surface area contributed by atoms with Crippen LogP contribution in [0.5, 0.6) is 5.75 Å². The van der Waals surface area contributed by atoms with Gasteiger partial charge >= 0.3 is 5.97 Å². The Morgan fingerprint density at radius 2 is 1.02 bits per heavy atom. The number of hydrazine groups is 2. The summed E-state index contributed by atoms with van der Waals surface area (Å²) in [6.07, 6.45) is 14.0. The molecule has 4 rings (SSSR count). The lowest BCUT2D eigenvalue weighted by Crippen LogP contribution is -2.61. The molecule has 668 valence electrons. The molecule has 120 heavy (non-hydrogen) atoms. The van der Waals surface area contributed by atoms with Gasteiger partial charge in [0.05, 0.1) is 47.4 Å². The molecule has 3 aromatic carbocycles. The Bertz CT molecular complexity index is 3990. The molecule has 19 N–H and O–H groups in total. The minimum absolute atomic E-state index is 0.0417. The molecule has 0 saturated carbocycles. The van der Waals surface area contributed by atoms with Gasteiger partial charge in [0.25, 0.3) is 0 Å². The summed E-state index contributed by atoms with van der Waals surface area (Å²) in [6, 6.07) is 12.5. The van der Waals surface area contributed by atoms with Crippen LogP contribution in [0.4, 0.5) is 0 Å². The molecule has 31 heteroatoms. The van der Waals surface area contributed by atoms with Crippen molar-refractivity contribution in [1.82, 2.24) is 53.1 Å². The van der Waals surface area contributed by atoms with Crippen LogP contribution in [0, 0.1) is 23.7 Å². The molecule has 31 nitrogen and oxygen atoms in total. The maximum atomic E-state index is 13.5. The van der Waals surface area contributed by atoms with Crippen LogP contribution < -0.4 is 65.5 Å². The van der Waals surface area contributed by atoms with E-state index < -0.39 is 124 Å². The third-order valence-electron chi connectivity index (χ3n) is 20.7. The first-order chi connectivity index (χ1) is 56.2. The first kappa shape index (κ1) is 108. The normalized spacial score (nSPS) is 15.2. The highest BCUT2D eigenvalue weighted by atomic mass is 16.4. The van der Waals surface area contributed by atoms with E-state index in [4.69, 9.17) is 17.4 Å². The number of benzene rings is 3. The van der Waals surface area contributed by atoms with Crippen molar-refractivity contribution >= 4 is 98.6 Å². The average molecular weight is 1680 g/mol. The number of hydrogen-bond donors (Lipinski definition) is 16. The minimum atomic E-state index is -1.46. The number of aromatic nitrogens is 1. The van der Waals surface area contributed by atoms with Gasteiger partial charge in [-0.05, 0) is 213 Å². The van der Waals surface area contributed by atoms with Crippen molar-refractivity contribution in [3.8, 4) is 5.75 Å². The van der Waals surface area contributed by atoms with Crippen LogP contribution in [0.2, 0.25) is 0 Å². The largest absolute Gasteiger partial charge is 0.508 e. The van der Waals surface area contributed by atoms with Crippen LogP contribution in [-0.2, 0) is 91.2 Å². The number of phenols is 1. The molecular weight excluding hydrogens is 1540 g/mol. The SMILES string of the molecule is CC(=O)[C@H](Cc1c[nH]c2ccccc12)N[C@@H](CCC(=O)O)C(=O)C(=O)[C@H](Cc1ccc(O)cc1)NN.CC(C)=O.CC[C@@H](CC(C)C)C(=O)N[C@@](C)(CCC/C=C/CCCCCC[C@@](C)(N[C@@H](C)C(=O)C(=O)[C@H](C)NC(=O)C(C)NC(=O)[C@H](CC(C)C)NC(=O)[C@@H](NC(=O)[C@H](Cc1ccccc1)NN)[C@@H](C)O)C(C)=O)C(C)=O.CC[C@H](C)C(N)=O. The number of H-pyrrole nitrogens is 1. The summed E-state index contributed by atoms with van der Waals surface area (Å²) in [5.74, 6) is 3.33. The van der Waals surface area contributed by atoms with Crippen molar-refractivity contribution in [2.75, 3.05) is 0 Å². The van der Waals surface area contributed by atoms with Gasteiger partial charge < -0.3 is 57.4 Å². The van der Waals surface area contributed by atoms with Crippen molar-refractivity contribution in [3.05, 3.63) is 114 Å². The van der Waals surface area contributed by atoms with Gasteiger partial charge in [-0.2, -0.15) is 0 Å². The third-order valence-corrected chi connectivity index (χ3v) is 20.7. The number of carboxylic acid groups (broad SMARTS) is 1. The summed E-state index contributed by atoms with van der Waals surface area (Å²) in [6.45, 7) is 30.0. The number of aliphatic carboxylic acids is 1. The molecule has 0 radical (unpaired) electrons. The quantitative estimate of drug-likeness (QED) is 0.00691. The van der Waals surface area contributed by atoms with E-state index in [2.05, 4.69) is 79.1 Å². The van der Waals surface area contributed by atoms with Gasteiger partial charge in [-0.3, -0.25) is 89.4 Å². The molecule has 0 spiro atoms. The topological polar surface area (TPSA) is 519 Å². The van der Waals surface area contributed by atoms with E-state index in [0.29, 0.717) is 30.7 Å². The number of aliphatic hydroxyl groups is 1. The van der Waals surface area contributed by atoms with E-state index in [1.165, 1.54) is 74.4 Å². The number of carbonyl (C=O) groups excluding carboxylic acids is 14.